The zero-order chi connectivity index (χ0) is 11.3. The Bertz CT molecular complexity index is 227. The predicted octanol–water partition coefficient (Wildman–Crippen LogP) is -0.240. The van der Waals surface area contributed by atoms with Gasteiger partial charge in [0.15, 0.2) is 0 Å². The minimum absolute atomic E-state index is 0.0291. The Morgan fingerprint density at radius 3 is 2.53 bits per heavy atom. The van der Waals surface area contributed by atoms with Crippen LogP contribution in [0, 0.1) is 0 Å². The van der Waals surface area contributed by atoms with E-state index in [1.807, 2.05) is 13.8 Å². The number of carbonyl (C=O) groups is 2. The normalized spacial score (nSPS) is 19.5. The molecule has 0 aromatic carbocycles. The van der Waals surface area contributed by atoms with Crippen LogP contribution in [0.5, 0.6) is 0 Å². The molecule has 1 unspecified atom stereocenters. The van der Waals surface area contributed by atoms with Crippen molar-refractivity contribution in [3.63, 3.8) is 0 Å². The Hall–Kier alpha value is -0.940. The van der Waals surface area contributed by atoms with Crippen molar-refractivity contribution in [2.45, 2.75) is 26.3 Å². The standard InChI is InChI=1S/C10H18N2O3/c1-3-11-8(2)4-5-12-9(13)6-15-7-10(12)14/h8,11H,3-7H2,1-2H3. The van der Waals surface area contributed by atoms with Crippen molar-refractivity contribution in [3.05, 3.63) is 0 Å². The molecule has 0 aromatic rings. The molecule has 0 aromatic heterocycles. The lowest BCUT2D eigenvalue weighted by molar-refractivity contribution is -0.158. The van der Waals surface area contributed by atoms with Gasteiger partial charge < -0.3 is 10.1 Å². The van der Waals surface area contributed by atoms with E-state index in [0.717, 1.165) is 13.0 Å². The van der Waals surface area contributed by atoms with Gasteiger partial charge in [-0.15, -0.1) is 0 Å². The molecule has 1 heterocycles. The average molecular weight is 214 g/mol. The second kappa shape index (κ2) is 5.82. The van der Waals surface area contributed by atoms with E-state index in [2.05, 4.69) is 5.32 Å². The van der Waals surface area contributed by atoms with Crippen LogP contribution in [0.15, 0.2) is 0 Å². The first-order chi connectivity index (χ1) is 7.15. The number of rotatable bonds is 5. The number of carbonyl (C=O) groups excluding carboxylic acids is 2. The Morgan fingerprint density at radius 2 is 2.00 bits per heavy atom. The van der Waals surface area contributed by atoms with Crippen molar-refractivity contribution < 1.29 is 14.3 Å². The van der Waals surface area contributed by atoms with E-state index in [-0.39, 0.29) is 25.0 Å². The number of hydrogen-bond acceptors (Lipinski definition) is 4. The second-order valence-corrected chi connectivity index (χ2v) is 3.68. The highest BCUT2D eigenvalue weighted by Gasteiger charge is 2.26. The van der Waals surface area contributed by atoms with Gasteiger partial charge in [-0.3, -0.25) is 14.5 Å². The predicted molar refractivity (Wildman–Crippen MR) is 55.3 cm³/mol. The molecule has 0 saturated carbocycles. The van der Waals surface area contributed by atoms with Crippen LogP contribution in [0.25, 0.3) is 0 Å². The molecule has 2 amide bonds. The number of nitrogens with zero attached hydrogens (tertiary/aromatic N) is 1. The first-order valence-corrected chi connectivity index (χ1v) is 5.29. The highest BCUT2D eigenvalue weighted by atomic mass is 16.5. The van der Waals surface area contributed by atoms with Gasteiger partial charge in [0.25, 0.3) is 11.8 Å². The lowest BCUT2D eigenvalue weighted by Crippen LogP contribution is -2.47. The Labute approximate surface area is 89.8 Å². The summed E-state index contributed by atoms with van der Waals surface area (Å²) in [5.74, 6) is -0.454. The van der Waals surface area contributed by atoms with Crippen LogP contribution in [0.4, 0.5) is 0 Å². The summed E-state index contributed by atoms with van der Waals surface area (Å²) in [5, 5.41) is 3.23. The van der Waals surface area contributed by atoms with Gasteiger partial charge in [0.2, 0.25) is 0 Å². The fraction of sp³-hybridized carbons (Fsp3) is 0.800. The molecule has 1 aliphatic heterocycles. The molecule has 15 heavy (non-hydrogen) atoms. The summed E-state index contributed by atoms with van der Waals surface area (Å²) in [5.41, 5.74) is 0. The summed E-state index contributed by atoms with van der Waals surface area (Å²) in [7, 11) is 0. The van der Waals surface area contributed by atoms with Gasteiger partial charge in [-0.25, -0.2) is 0 Å². The number of nitrogens with one attached hydrogen (secondary N) is 1. The van der Waals surface area contributed by atoms with Crippen molar-refractivity contribution in [1.29, 1.82) is 0 Å². The van der Waals surface area contributed by atoms with Crippen molar-refractivity contribution in [2.24, 2.45) is 0 Å². The summed E-state index contributed by atoms with van der Waals surface area (Å²) >= 11 is 0. The molecule has 0 bridgehead atoms. The fourth-order valence-corrected chi connectivity index (χ4v) is 1.54. The minimum Gasteiger partial charge on any atom is -0.362 e. The molecule has 1 atom stereocenters. The molecule has 1 saturated heterocycles. The Kier molecular flexibility index (Phi) is 4.71. The number of hydrogen-bond donors (Lipinski definition) is 1. The zero-order valence-electron chi connectivity index (χ0n) is 9.28. The lowest BCUT2D eigenvalue weighted by Gasteiger charge is -2.26. The monoisotopic (exact) mass is 214 g/mol. The highest BCUT2D eigenvalue weighted by molar-refractivity contribution is 5.98. The average Bonchev–Trinajstić information content (AvgIpc) is 2.17. The molecule has 1 rings (SSSR count). The summed E-state index contributed by atoms with van der Waals surface area (Å²) in [6.07, 6.45) is 0.783. The summed E-state index contributed by atoms with van der Waals surface area (Å²) in [6, 6.07) is 0.318. The second-order valence-electron chi connectivity index (χ2n) is 3.68. The van der Waals surface area contributed by atoms with E-state index in [4.69, 9.17) is 4.74 Å². The molecular formula is C10H18N2O3. The highest BCUT2D eigenvalue weighted by Crippen LogP contribution is 2.03. The molecule has 0 spiro atoms. The topological polar surface area (TPSA) is 58.6 Å². The maximum Gasteiger partial charge on any atom is 0.255 e. The van der Waals surface area contributed by atoms with Gasteiger partial charge >= 0.3 is 0 Å². The third kappa shape index (κ3) is 3.60. The zero-order valence-corrected chi connectivity index (χ0v) is 9.28. The minimum atomic E-state index is -0.227. The van der Waals surface area contributed by atoms with E-state index in [9.17, 15) is 9.59 Å². The van der Waals surface area contributed by atoms with Crippen LogP contribution in [-0.4, -0.2) is 49.1 Å². The molecule has 86 valence electrons. The van der Waals surface area contributed by atoms with Gasteiger partial charge in [0.05, 0.1) is 0 Å². The smallest absolute Gasteiger partial charge is 0.255 e. The van der Waals surface area contributed by atoms with E-state index >= 15 is 0 Å². The summed E-state index contributed by atoms with van der Waals surface area (Å²) < 4.78 is 4.82. The molecule has 5 heteroatoms. The molecule has 1 N–H and O–H groups in total. The Balaban J connectivity index is 2.35. The molecule has 0 aliphatic carbocycles. The summed E-state index contributed by atoms with van der Waals surface area (Å²) in [6.45, 7) is 5.50. The maximum absolute atomic E-state index is 11.3. The fourth-order valence-electron chi connectivity index (χ4n) is 1.54. The first kappa shape index (κ1) is 12.1. The number of amides is 2. The molecule has 1 fully saturated rings. The van der Waals surface area contributed by atoms with E-state index in [1.54, 1.807) is 0 Å². The van der Waals surface area contributed by atoms with Gasteiger partial charge in [-0.05, 0) is 19.9 Å². The van der Waals surface area contributed by atoms with E-state index < -0.39 is 0 Å². The molecule has 1 aliphatic rings. The van der Waals surface area contributed by atoms with Gasteiger partial charge in [-0.2, -0.15) is 0 Å². The number of morpholine rings is 1. The van der Waals surface area contributed by atoms with Crippen LogP contribution in [0.1, 0.15) is 20.3 Å². The van der Waals surface area contributed by atoms with Crippen LogP contribution >= 0.6 is 0 Å². The van der Waals surface area contributed by atoms with Gasteiger partial charge in [0.1, 0.15) is 13.2 Å². The number of ether oxygens (including phenoxy) is 1. The largest absolute Gasteiger partial charge is 0.362 e. The molecule has 5 nitrogen and oxygen atoms in total. The SMILES string of the molecule is CCNC(C)CCN1C(=O)COCC1=O. The first-order valence-electron chi connectivity index (χ1n) is 5.29. The molecule has 0 radical (unpaired) electrons. The third-order valence-corrected chi connectivity index (χ3v) is 2.39. The van der Waals surface area contributed by atoms with Crippen molar-refractivity contribution in [2.75, 3.05) is 26.3 Å². The van der Waals surface area contributed by atoms with Crippen LogP contribution in [-0.2, 0) is 14.3 Å². The quantitative estimate of drug-likeness (QED) is 0.642. The lowest BCUT2D eigenvalue weighted by atomic mass is 10.2. The van der Waals surface area contributed by atoms with Crippen molar-refractivity contribution in [1.82, 2.24) is 10.2 Å². The van der Waals surface area contributed by atoms with Crippen LogP contribution < -0.4 is 5.32 Å². The third-order valence-electron chi connectivity index (χ3n) is 2.39. The van der Waals surface area contributed by atoms with Crippen molar-refractivity contribution >= 4 is 11.8 Å². The van der Waals surface area contributed by atoms with E-state index in [0.29, 0.717) is 12.6 Å². The summed E-state index contributed by atoms with van der Waals surface area (Å²) in [4.78, 5) is 24.0. The number of imide groups is 1. The van der Waals surface area contributed by atoms with Gasteiger partial charge in [-0.1, -0.05) is 6.92 Å². The maximum atomic E-state index is 11.3. The van der Waals surface area contributed by atoms with Crippen LogP contribution in [0.2, 0.25) is 0 Å². The molecular weight excluding hydrogens is 196 g/mol. The van der Waals surface area contributed by atoms with E-state index in [1.165, 1.54) is 4.90 Å². The van der Waals surface area contributed by atoms with Crippen LogP contribution in [0.3, 0.4) is 0 Å². The van der Waals surface area contributed by atoms with Crippen molar-refractivity contribution in [3.8, 4) is 0 Å². The Morgan fingerprint density at radius 1 is 1.40 bits per heavy atom. The van der Waals surface area contributed by atoms with Gasteiger partial charge in [0, 0.05) is 12.6 Å².